The van der Waals surface area contributed by atoms with Crippen LogP contribution in [0.15, 0.2) is 35.2 Å². The Morgan fingerprint density at radius 2 is 1.93 bits per heavy atom. The highest BCUT2D eigenvalue weighted by Crippen LogP contribution is 2.49. The van der Waals surface area contributed by atoms with Gasteiger partial charge in [-0.05, 0) is 65.0 Å². The van der Waals surface area contributed by atoms with Crippen molar-refractivity contribution in [3.8, 4) is 0 Å². The summed E-state index contributed by atoms with van der Waals surface area (Å²) in [5, 5.41) is 2.77. The molecule has 8 heteroatoms. The zero-order valence-corrected chi connectivity index (χ0v) is 18.2. The number of sulfone groups is 1. The van der Waals surface area contributed by atoms with E-state index in [9.17, 15) is 13.2 Å². The molecule has 1 saturated heterocycles. The third kappa shape index (κ3) is 5.29. The van der Waals surface area contributed by atoms with Gasteiger partial charge in [-0.25, -0.2) is 13.2 Å². The molecule has 0 bridgehead atoms. The number of nitrogens with one attached hydrogen (secondary N) is 1. The molecule has 2 fully saturated rings. The highest BCUT2D eigenvalue weighted by molar-refractivity contribution is 7.93. The second-order valence-electron chi connectivity index (χ2n) is 8.71. The van der Waals surface area contributed by atoms with Crippen molar-refractivity contribution in [3.63, 3.8) is 0 Å². The molecule has 3 rings (SSSR count). The van der Waals surface area contributed by atoms with Crippen molar-refractivity contribution < 1.29 is 27.4 Å². The van der Waals surface area contributed by atoms with Gasteiger partial charge in [-0.15, -0.1) is 0 Å². The molecule has 0 aromatic heterocycles. The van der Waals surface area contributed by atoms with E-state index in [1.807, 2.05) is 0 Å². The summed E-state index contributed by atoms with van der Waals surface area (Å²) in [6.07, 6.45) is 2.65. The highest BCUT2D eigenvalue weighted by Gasteiger charge is 2.61. The van der Waals surface area contributed by atoms with Gasteiger partial charge in [0.05, 0.1) is 22.3 Å². The van der Waals surface area contributed by atoms with Crippen LogP contribution >= 0.6 is 0 Å². The van der Waals surface area contributed by atoms with Gasteiger partial charge in [0.1, 0.15) is 5.60 Å². The Morgan fingerprint density at radius 1 is 1.24 bits per heavy atom. The molecule has 1 N–H and O–H groups in total. The number of rotatable bonds is 7. The number of amides is 1. The molecular formula is C21H31NO6S. The van der Waals surface area contributed by atoms with E-state index in [0.29, 0.717) is 19.4 Å². The van der Waals surface area contributed by atoms with Crippen molar-refractivity contribution in [2.75, 3.05) is 13.2 Å². The summed E-state index contributed by atoms with van der Waals surface area (Å²) < 4.78 is 42.5. The van der Waals surface area contributed by atoms with Gasteiger partial charge in [-0.2, -0.15) is 0 Å². The fourth-order valence-corrected chi connectivity index (χ4v) is 5.71. The van der Waals surface area contributed by atoms with Crippen LogP contribution in [0.4, 0.5) is 4.79 Å². The molecule has 1 saturated carbocycles. The Bertz CT molecular complexity index is 792. The summed E-state index contributed by atoms with van der Waals surface area (Å²) >= 11 is 0. The van der Waals surface area contributed by atoms with E-state index in [4.69, 9.17) is 14.2 Å². The summed E-state index contributed by atoms with van der Waals surface area (Å²) in [7, 11) is -3.66. The molecule has 1 heterocycles. The van der Waals surface area contributed by atoms with E-state index in [2.05, 4.69) is 5.32 Å². The zero-order valence-electron chi connectivity index (χ0n) is 17.3. The quantitative estimate of drug-likeness (QED) is 0.720. The van der Waals surface area contributed by atoms with E-state index < -0.39 is 32.3 Å². The monoisotopic (exact) mass is 425 g/mol. The van der Waals surface area contributed by atoms with Gasteiger partial charge in [0, 0.05) is 6.61 Å². The maximum Gasteiger partial charge on any atom is 0.408 e. The Balaban J connectivity index is 1.80. The summed E-state index contributed by atoms with van der Waals surface area (Å²) in [6, 6.07) is 7.62. The average Bonchev–Trinajstić information content (AvgIpc) is 3.48. The minimum Gasteiger partial charge on any atom is -0.444 e. The molecule has 0 radical (unpaired) electrons. The average molecular weight is 426 g/mol. The summed E-state index contributed by atoms with van der Waals surface area (Å²) in [5.41, 5.74) is -0.684. The van der Waals surface area contributed by atoms with Gasteiger partial charge >= 0.3 is 6.09 Å². The van der Waals surface area contributed by atoms with Crippen LogP contribution in [0.1, 0.15) is 52.9 Å². The molecule has 2 aliphatic rings. The minimum absolute atomic E-state index is 0.0516. The molecule has 1 aromatic rings. The van der Waals surface area contributed by atoms with Crippen molar-refractivity contribution in [1.82, 2.24) is 5.32 Å². The summed E-state index contributed by atoms with van der Waals surface area (Å²) in [6.45, 7) is 5.98. The summed E-state index contributed by atoms with van der Waals surface area (Å²) in [4.78, 5) is 12.7. The van der Waals surface area contributed by atoms with E-state index in [0.717, 1.165) is 19.3 Å². The normalized spacial score (nSPS) is 22.5. The van der Waals surface area contributed by atoms with Crippen LogP contribution in [0.5, 0.6) is 0 Å². The number of ether oxygens (including phenoxy) is 3. The van der Waals surface area contributed by atoms with Gasteiger partial charge in [0.2, 0.25) is 0 Å². The van der Waals surface area contributed by atoms with Crippen molar-refractivity contribution >= 4 is 15.9 Å². The Hall–Kier alpha value is -1.64. The molecule has 1 aliphatic carbocycles. The lowest BCUT2D eigenvalue weighted by Crippen LogP contribution is -2.53. The third-order valence-corrected chi connectivity index (χ3v) is 7.90. The minimum atomic E-state index is -3.66. The van der Waals surface area contributed by atoms with E-state index in [1.165, 1.54) is 0 Å². The lowest BCUT2D eigenvalue weighted by atomic mass is 10.2. The van der Waals surface area contributed by atoms with E-state index in [-0.39, 0.29) is 17.8 Å². The first-order valence-corrected chi connectivity index (χ1v) is 11.6. The molecule has 1 amide bonds. The molecule has 29 heavy (non-hydrogen) atoms. The highest BCUT2D eigenvalue weighted by atomic mass is 32.2. The van der Waals surface area contributed by atoms with Crippen LogP contribution in [0.25, 0.3) is 0 Å². The van der Waals surface area contributed by atoms with Gasteiger partial charge in [0.25, 0.3) is 0 Å². The second kappa shape index (κ2) is 8.62. The Labute approximate surface area is 173 Å². The molecule has 0 spiro atoms. The zero-order chi connectivity index (χ0) is 21.1. The fourth-order valence-electron chi connectivity index (χ4n) is 3.58. The number of hydrogen-bond donors (Lipinski definition) is 1. The van der Waals surface area contributed by atoms with Crippen LogP contribution in [-0.4, -0.2) is 50.4 Å². The van der Waals surface area contributed by atoms with Crippen molar-refractivity contribution in [1.29, 1.82) is 0 Å². The lowest BCUT2D eigenvalue weighted by Gasteiger charge is -2.31. The number of hydrogen-bond acceptors (Lipinski definition) is 6. The molecule has 2 atom stereocenters. The SMILES string of the molecule is CC(C)(C)OC(=O)N[C@H](COC1CCCCO1)C1(S(=O)(=O)c2ccccc2)CC1. The van der Waals surface area contributed by atoms with Gasteiger partial charge in [-0.1, -0.05) is 18.2 Å². The van der Waals surface area contributed by atoms with Gasteiger partial charge in [0.15, 0.2) is 16.1 Å². The first kappa shape index (κ1) is 22.1. The molecule has 162 valence electrons. The number of alkyl carbamates (subject to hydrolysis) is 1. The largest absolute Gasteiger partial charge is 0.444 e. The van der Waals surface area contributed by atoms with Crippen LogP contribution in [0, 0.1) is 0 Å². The Kier molecular flexibility index (Phi) is 6.55. The van der Waals surface area contributed by atoms with Crippen molar-refractivity contribution in [2.45, 2.75) is 80.5 Å². The number of benzene rings is 1. The first-order chi connectivity index (χ1) is 13.6. The summed E-state index contributed by atoms with van der Waals surface area (Å²) in [5.74, 6) is 0. The van der Waals surface area contributed by atoms with Gasteiger partial charge < -0.3 is 19.5 Å². The maximum atomic E-state index is 13.4. The molecular weight excluding hydrogens is 394 g/mol. The van der Waals surface area contributed by atoms with Crippen LogP contribution in [0.3, 0.4) is 0 Å². The van der Waals surface area contributed by atoms with Gasteiger partial charge in [-0.3, -0.25) is 0 Å². The first-order valence-electron chi connectivity index (χ1n) is 10.2. The predicted octanol–water partition coefficient (Wildman–Crippen LogP) is 3.43. The lowest BCUT2D eigenvalue weighted by molar-refractivity contribution is -0.166. The Morgan fingerprint density at radius 3 is 2.48 bits per heavy atom. The van der Waals surface area contributed by atoms with Crippen molar-refractivity contribution in [2.24, 2.45) is 0 Å². The predicted molar refractivity (Wildman–Crippen MR) is 108 cm³/mol. The molecule has 1 aliphatic heterocycles. The van der Waals surface area contributed by atoms with Crippen LogP contribution < -0.4 is 5.32 Å². The third-order valence-electron chi connectivity index (χ3n) is 5.24. The number of carbonyl (C=O) groups excluding carboxylic acids is 1. The number of carbonyl (C=O) groups is 1. The van der Waals surface area contributed by atoms with Crippen LogP contribution in [0.2, 0.25) is 0 Å². The van der Waals surface area contributed by atoms with Crippen molar-refractivity contribution in [3.05, 3.63) is 30.3 Å². The second-order valence-corrected chi connectivity index (χ2v) is 11.0. The van der Waals surface area contributed by atoms with E-state index >= 15 is 0 Å². The van der Waals surface area contributed by atoms with Crippen LogP contribution in [-0.2, 0) is 24.0 Å². The molecule has 1 aromatic carbocycles. The molecule has 1 unspecified atom stereocenters. The van der Waals surface area contributed by atoms with E-state index in [1.54, 1.807) is 51.1 Å². The molecule has 7 nitrogen and oxygen atoms in total. The maximum absolute atomic E-state index is 13.4. The fraction of sp³-hybridized carbons (Fsp3) is 0.667. The standard InChI is InChI=1S/C21H31NO6S/c1-20(2,3)28-19(23)22-17(15-27-18-11-7-8-14-26-18)21(12-13-21)29(24,25)16-9-5-4-6-10-16/h4-6,9-10,17-18H,7-8,11-15H2,1-3H3,(H,22,23)/t17-,18?/m1/s1. The topological polar surface area (TPSA) is 90.9 Å². The smallest absolute Gasteiger partial charge is 0.408 e.